The van der Waals surface area contributed by atoms with Crippen LogP contribution in [0.5, 0.6) is 5.75 Å². The number of unbranched alkanes of at least 4 members (excludes halogenated alkanes) is 2. The summed E-state index contributed by atoms with van der Waals surface area (Å²) in [7, 11) is 0. The van der Waals surface area contributed by atoms with Gasteiger partial charge in [0.2, 0.25) is 5.75 Å². The van der Waals surface area contributed by atoms with Gasteiger partial charge in [0.1, 0.15) is 5.82 Å². The van der Waals surface area contributed by atoms with E-state index in [0.717, 1.165) is 43.9 Å². The Labute approximate surface area is 168 Å². The zero-order valence-corrected chi connectivity index (χ0v) is 17.9. The van der Waals surface area contributed by atoms with Crippen LogP contribution < -0.4 is 5.56 Å². The van der Waals surface area contributed by atoms with E-state index in [4.69, 9.17) is 0 Å². The summed E-state index contributed by atoms with van der Waals surface area (Å²) in [4.78, 5) is 19.0. The average molecular weight is 386 g/mol. The van der Waals surface area contributed by atoms with Crippen LogP contribution in [0.3, 0.4) is 0 Å². The van der Waals surface area contributed by atoms with Crippen LogP contribution in [0.1, 0.15) is 71.3 Å². The molecule has 2 aliphatic heterocycles. The summed E-state index contributed by atoms with van der Waals surface area (Å²) in [5.74, 6) is 1.16. The van der Waals surface area contributed by atoms with Crippen LogP contribution in [0.25, 0.3) is 0 Å². The normalized spacial score (nSPS) is 21.1. The summed E-state index contributed by atoms with van der Waals surface area (Å²) in [6, 6.07) is 0.310. The summed E-state index contributed by atoms with van der Waals surface area (Å²) in [6.45, 7) is 11.1. The van der Waals surface area contributed by atoms with Gasteiger partial charge in [-0.15, -0.1) is 0 Å². The van der Waals surface area contributed by atoms with E-state index in [0.29, 0.717) is 18.5 Å². The maximum Gasteiger partial charge on any atom is 0.315 e. The van der Waals surface area contributed by atoms with Crippen LogP contribution in [-0.4, -0.2) is 32.1 Å². The molecule has 0 fully saturated rings. The lowest BCUT2D eigenvalue weighted by molar-refractivity contribution is 0.145. The number of aromatic hydroxyl groups is 1. The molecule has 0 amide bonds. The Morgan fingerprint density at radius 1 is 1.36 bits per heavy atom. The molecule has 0 aromatic carbocycles. The Hall–Kier alpha value is -1.88. The lowest BCUT2D eigenvalue weighted by Gasteiger charge is -2.43. The zero-order chi connectivity index (χ0) is 20.3. The van der Waals surface area contributed by atoms with Crippen molar-refractivity contribution >= 4 is 0 Å². The molecule has 2 unspecified atom stereocenters. The second kappa shape index (κ2) is 9.08. The highest BCUT2D eigenvalue weighted by molar-refractivity contribution is 5.34. The Bertz CT molecular complexity index is 822. The van der Waals surface area contributed by atoms with Crippen molar-refractivity contribution in [2.45, 2.75) is 85.4 Å². The van der Waals surface area contributed by atoms with Gasteiger partial charge >= 0.3 is 5.56 Å². The molecule has 28 heavy (non-hydrogen) atoms. The van der Waals surface area contributed by atoms with Crippen molar-refractivity contribution in [2.24, 2.45) is 5.92 Å². The molecule has 1 N–H and O–H groups in total. The van der Waals surface area contributed by atoms with Crippen molar-refractivity contribution < 1.29 is 5.11 Å². The molecule has 0 radical (unpaired) electrons. The quantitative estimate of drug-likeness (QED) is 0.715. The van der Waals surface area contributed by atoms with Gasteiger partial charge in [0.15, 0.2) is 0 Å². The number of fused-ring (bicyclic) bond motifs is 2. The molecule has 3 heterocycles. The second-order valence-corrected chi connectivity index (χ2v) is 8.49. The van der Waals surface area contributed by atoms with Crippen molar-refractivity contribution in [3.05, 3.63) is 45.2 Å². The van der Waals surface area contributed by atoms with Gasteiger partial charge in [-0.2, -0.15) is 4.98 Å². The Morgan fingerprint density at radius 3 is 2.86 bits per heavy atom. The minimum atomic E-state index is -0.473. The van der Waals surface area contributed by atoms with E-state index in [9.17, 15) is 9.90 Å². The first-order valence-electron chi connectivity index (χ1n) is 10.8. The highest BCUT2D eigenvalue weighted by Gasteiger charge is 2.34. The monoisotopic (exact) mass is 385 g/mol. The summed E-state index contributed by atoms with van der Waals surface area (Å²) in [5.41, 5.74) is 3.09. The topological polar surface area (TPSA) is 58.4 Å². The molecule has 154 valence electrons. The third-order valence-electron chi connectivity index (χ3n) is 6.37. The summed E-state index contributed by atoms with van der Waals surface area (Å²) < 4.78 is 2.14. The molecule has 0 aliphatic carbocycles. The molecule has 1 aromatic rings. The lowest BCUT2D eigenvalue weighted by Crippen LogP contribution is -2.48. The number of nitrogens with zero attached hydrogens (tertiary/aromatic N) is 3. The maximum atomic E-state index is 12.3. The SMILES string of the molecule is C/C=C\C1=C(C)C2Cn3c(CC(C)CCCCC)nc(=O)c(O)c3CN2CC1. The molecule has 0 saturated carbocycles. The first-order valence-corrected chi connectivity index (χ1v) is 10.8. The van der Waals surface area contributed by atoms with Crippen LogP contribution in [-0.2, 0) is 19.5 Å². The molecule has 0 saturated heterocycles. The molecule has 1 aromatic heterocycles. The smallest absolute Gasteiger partial charge is 0.315 e. The van der Waals surface area contributed by atoms with E-state index in [1.54, 1.807) is 0 Å². The van der Waals surface area contributed by atoms with E-state index in [2.05, 4.69) is 54.3 Å². The average Bonchev–Trinajstić information content (AvgIpc) is 2.67. The molecule has 0 spiro atoms. The largest absolute Gasteiger partial charge is 0.502 e. The first-order chi connectivity index (χ1) is 13.5. The van der Waals surface area contributed by atoms with Crippen molar-refractivity contribution in [1.82, 2.24) is 14.5 Å². The summed E-state index contributed by atoms with van der Waals surface area (Å²) in [6.07, 6.45) is 11.0. The van der Waals surface area contributed by atoms with E-state index in [1.807, 2.05) is 0 Å². The molecular weight excluding hydrogens is 350 g/mol. The lowest BCUT2D eigenvalue weighted by atomic mass is 9.91. The van der Waals surface area contributed by atoms with Gasteiger partial charge in [0, 0.05) is 32.1 Å². The molecule has 0 bridgehead atoms. The predicted octanol–water partition coefficient (Wildman–Crippen LogP) is 4.19. The van der Waals surface area contributed by atoms with E-state index >= 15 is 0 Å². The van der Waals surface area contributed by atoms with Gasteiger partial charge in [-0.3, -0.25) is 9.69 Å². The fourth-order valence-corrected chi connectivity index (χ4v) is 4.65. The maximum absolute atomic E-state index is 12.3. The van der Waals surface area contributed by atoms with Crippen LogP contribution in [0.2, 0.25) is 0 Å². The van der Waals surface area contributed by atoms with E-state index in [1.165, 1.54) is 30.4 Å². The number of aromatic nitrogens is 2. The van der Waals surface area contributed by atoms with Gasteiger partial charge in [-0.05, 0) is 31.8 Å². The fraction of sp³-hybridized carbons (Fsp3) is 0.652. The molecule has 2 aliphatic rings. The first kappa shape index (κ1) is 20.8. The minimum Gasteiger partial charge on any atom is -0.502 e. The van der Waals surface area contributed by atoms with Gasteiger partial charge in [0.05, 0.1) is 5.69 Å². The van der Waals surface area contributed by atoms with Crippen LogP contribution in [0.15, 0.2) is 28.1 Å². The van der Waals surface area contributed by atoms with Crippen molar-refractivity contribution in [3.63, 3.8) is 0 Å². The molecule has 5 nitrogen and oxygen atoms in total. The Balaban J connectivity index is 1.91. The highest BCUT2D eigenvalue weighted by Crippen LogP contribution is 2.33. The number of allylic oxidation sites excluding steroid dienone is 2. The number of hydrogen-bond acceptors (Lipinski definition) is 4. The predicted molar refractivity (Wildman–Crippen MR) is 114 cm³/mol. The van der Waals surface area contributed by atoms with Crippen molar-refractivity contribution in [3.8, 4) is 5.75 Å². The highest BCUT2D eigenvalue weighted by atomic mass is 16.3. The number of hydrogen-bond donors (Lipinski definition) is 1. The van der Waals surface area contributed by atoms with E-state index in [-0.39, 0.29) is 5.75 Å². The minimum absolute atomic E-state index is 0.165. The van der Waals surface area contributed by atoms with Gasteiger partial charge in [-0.1, -0.05) is 57.3 Å². The van der Waals surface area contributed by atoms with Crippen LogP contribution in [0, 0.1) is 5.92 Å². The molecule has 5 heteroatoms. The second-order valence-electron chi connectivity index (χ2n) is 8.49. The summed E-state index contributed by atoms with van der Waals surface area (Å²) >= 11 is 0. The van der Waals surface area contributed by atoms with Crippen molar-refractivity contribution in [1.29, 1.82) is 0 Å². The van der Waals surface area contributed by atoms with Crippen LogP contribution >= 0.6 is 0 Å². The van der Waals surface area contributed by atoms with Crippen LogP contribution in [0.4, 0.5) is 0 Å². The third kappa shape index (κ3) is 4.24. The van der Waals surface area contributed by atoms with Gasteiger partial charge < -0.3 is 9.67 Å². The van der Waals surface area contributed by atoms with Gasteiger partial charge in [0.25, 0.3) is 0 Å². The Kier molecular flexibility index (Phi) is 6.76. The van der Waals surface area contributed by atoms with E-state index < -0.39 is 5.56 Å². The molecule has 3 rings (SSSR count). The molecular formula is C23H35N3O2. The Morgan fingerprint density at radius 2 is 2.14 bits per heavy atom. The zero-order valence-electron chi connectivity index (χ0n) is 17.9. The molecule has 2 atom stereocenters. The third-order valence-corrected chi connectivity index (χ3v) is 6.37. The fourth-order valence-electron chi connectivity index (χ4n) is 4.65. The standard InChI is InChI=1S/C23H35N3O2/c1-5-7-8-10-16(3)13-21-24-23(28)22(27)20-14-25-12-11-18(9-6-2)17(4)19(25)15-26(20)21/h6,9,16,19,27H,5,7-8,10-15H2,1-4H3/b9-6-. The summed E-state index contributed by atoms with van der Waals surface area (Å²) in [5, 5.41) is 10.4. The number of rotatable bonds is 7. The van der Waals surface area contributed by atoms with Gasteiger partial charge in [-0.25, -0.2) is 0 Å². The van der Waals surface area contributed by atoms with Crippen molar-refractivity contribution in [2.75, 3.05) is 6.54 Å².